The summed E-state index contributed by atoms with van der Waals surface area (Å²) in [6.45, 7) is 2.75. The third-order valence-corrected chi connectivity index (χ3v) is 9.39. The van der Waals surface area contributed by atoms with Crippen LogP contribution in [0.3, 0.4) is 0 Å². The molecule has 0 aromatic heterocycles. The van der Waals surface area contributed by atoms with Crippen LogP contribution in [0, 0.1) is 11.3 Å². The first-order chi connectivity index (χ1) is 13.4. The molecule has 5 heteroatoms. The SMILES string of the molecule is CO[C@]12CC[C@@]3(C[C@@H]1C(C)=O)[C@H]1Cc4ccc(CO)c5c4[C@@]3(CCN1C)C2O5. The second-order valence-electron chi connectivity index (χ2n) is 9.85. The fraction of sp³-hybridized carbons (Fsp3) is 0.696. The normalized spacial score (nSPS) is 44.9. The van der Waals surface area contributed by atoms with Gasteiger partial charge in [-0.1, -0.05) is 12.1 Å². The lowest BCUT2D eigenvalue weighted by atomic mass is 9.34. The number of carbonyl (C=O) groups excluding carboxylic acids is 1. The summed E-state index contributed by atoms with van der Waals surface area (Å²) < 4.78 is 13.0. The summed E-state index contributed by atoms with van der Waals surface area (Å²) in [5.74, 6) is 1.00. The molecule has 4 bridgehead atoms. The number of likely N-dealkylation sites (N-methyl/N-ethyl adjacent to an activating group) is 1. The first-order valence-corrected chi connectivity index (χ1v) is 10.6. The Labute approximate surface area is 166 Å². The van der Waals surface area contributed by atoms with E-state index in [4.69, 9.17) is 9.47 Å². The summed E-state index contributed by atoms with van der Waals surface area (Å²) in [6.07, 6.45) is 4.76. The molecule has 7 rings (SSSR count). The van der Waals surface area contributed by atoms with Crippen molar-refractivity contribution in [2.24, 2.45) is 11.3 Å². The third kappa shape index (κ3) is 1.56. The molecule has 150 valence electrons. The van der Waals surface area contributed by atoms with Crippen LogP contribution in [0.25, 0.3) is 0 Å². The number of aliphatic hydroxyl groups is 1. The van der Waals surface area contributed by atoms with Crippen LogP contribution >= 0.6 is 0 Å². The maximum absolute atomic E-state index is 12.8. The van der Waals surface area contributed by atoms with E-state index >= 15 is 0 Å². The maximum atomic E-state index is 12.8. The van der Waals surface area contributed by atoms with Gasteiger partial charge >= 0.3 is 0 Å². The van der Waals surface area contributed by atoms with Crippen molar-refractivity contribution in [3.63, 3.8) is 0 Å². The van der Waals surface area contributed by atoms with Crippen LogP contribution in [0.4, 0.5) is 0 Å². The molecule has 5 nitrogen and oxygen atoms in total. The molecule has 1 aromatic carbocycles. The van der Waals surface area contributed by atoms with Gasteiger partial charge in [-0.25, -0.2) is 0 Å². The second-order valence-corrected chi connectivity index (χ2v) is 9.85. The molecule has 2 heterocycles. The molecule has 0 radical (unpaired) electrons. The number of rotatable bonds is 3. The van der Waals surface area contributed by atoms with E-state index in [0.717, 1.165) is 50.0 Å². The number of hydrogen-bond donors (Lipinski definition) is 1. The van der Waals surface area contributed by atoms with E-state index in [-0.39, 0.29) is 35.2 Å². The molecule has 0 amide bonds. The number of ether oxygens (including phenoxy) is 2. The van der Waals surface area contributed by atoms with Crippen LogP contribution in [-0.2, 0) is 28.0 Å². The second kappa shape index (κ2) is 5.18. The summed E-state index contributed by atoms with van der Waals surface area (Å²) in [5, 5.41) is 10.0. The molecule has 6 aliphatic rings. The molecular weight excluding hydrogens is 354 g/mol. The van der Waals surface area contributed by atoms with Gasteiger partial charge in [0.05, 0.1) is 12.5 Å². The first kappa shape index (κ1) is 17.4. The quantitative estimate of drug-likeness (QED) is 0.867. The number of methoxy groups -OCH3 is 1. The standard InChI is InChI=1S/C23H29NO4/c1-13(26)16-11-21-6-7-23(16,27-3)20-22(21)8-9-24(2)17(21)10-14-4-5-15(12-25)19(28-20)18(14)22/h4-5,16-17,20,25H,6-12H2,1-3H3/t16-,17-,20?,21-,22+,23-/m1/s1. The Morgan fingerprint density at radius 3 is 2.89 bits per heavy atom. The summed E-state index contributed by atoms with van der Waals surface area (Å²) in [7, 11) is 4.01. The molecule has 1 aromatic rings. The minimum atomic E-state index is -0.561. The van der Waals surface area contributed by atoms with Gasteiger partial charge in [0.15, 0.2) is 0 Å². The number of piperidine rings is 1. The maximum Gasteiger partial charge on any atom is 0.139 e. The Balaban J connectivity index is 1.69. The molecular formula is C23H29NO4. The molecule has 2 spiro atoms. The highest BCUT2D eigenvalue weighted by atomic mass is 16.6. The van der Waals surface area contributed by atoms with E-state index in [1.807, 2.05) is 6.07 Å². The van der Waals surface area contributed by atoms with E-state index in [9.17, 15) is 9.90 Å². The van der Waals surface area contributed by atoms with Crippen molar-refractivity contribution in [3.8, 4) is 5.75 Å². The highest BCUT2D eigenvalue weighted by Gasteiger charge is 2.80. The van der Waals surface area contributed by atoms with Crippen LogP contribution in [0.2, 0.25) is 0 Å². The van der Waals surface area contributed by atoms with Crippen molar-refractivity contribution in [1.29, 1.82) is 0 Å². The van der Waals surface area contributed by atoms with E-state index in [0.29, 0.717) is 6.04 Å². The molecule has 1 N–H and O–H groups in total. The fourth-order valence-corrected chi connectivity index (χ4v) is 8.35. The van der Waals surface area contributed by atoms with Gasteiger partial charge < -0.3 is 19.5 Å². The Hall–Kier alpha value is -1.43. The lowest BCUT2D eigenvalue weighted by molar-refractivity contribution is -0.270. The largest absolute Gasteiger partial charge is 0.486 e. The number of aliphatic hydroxyl groups excluding tert-OH is 1. The molecule has 2 aliphatic heterocycles. The molecule has 4 fully saturated rings. The van der Waals surface area contributed by atoms with Gasteiger partial charge in [-0.05, 0) is 58.2 Å². The highest BCUT2D eigenvalue weighted by Crippen LogP contribution is 2.76. The lowest BCUT2D eigenvalue weighted by Gasteiger charge is -2.73. The number of hydrogen-bond acceptors (Lipinski definition) is 5. The molecule has 1 saturated heterocycles. The Kier molecular flexibility index (Phi) is 3.23. The van der Waals surface area contributed by atoms with Gasteiger partial charge in [0.25, 0.3) is 0 Å². The summed E-state index contributed by atoms with van der Waals surface area (Å²) in [4.78, 5) is 15.4. The van der Waals surface area contributed by atoms with E-state index < -0.39 is 5.60 Å². The zero-order chi connectivity index (χ0) is 19.5. The Morgan fingerprint density at radius 1 is 1.36 bits per heavy atom. The Bertz CT molecular complexity index is 899. The number of carbonyl (C=O) groups is 1. The average molecular weight is 383 g/mol. The van der Waals surface area contributed by atoms with Crippen LogP contribution < -0.4 is 4.74 Å². The molecule has 4 aliphatic carbocycles. The third-order valence-electron chi connectivity index (χ3n) is 9.39. The monoisotopic (exact) mass is 383 g/mol. The number of Topliss-reactive ketones (excluding diaryl/α,β-unsaturated/α-hetero) is 1. The van der Waals surface area contributed by atoms with Crippen LogP contribution in [-0.4, -0.2) is 54.2 Å². The average Bonchev–Trinajstić information content (AvgIpc) is 3.07. The zero-order valence-electron chi connectivity index (χ0n) is 17.0. The summed E-state index contributed by atoms with van der Waals surface area (Å²) >= 11 is 0. The van der Waals surface area contributed by atoms with Gasteiger partial charge in [0, 0.05) is 35.1 Å². The molecule has 28 heavy (non-hydrogen) atoms. The van der Waals surface area contributed by atoms with Crippen molar-refractivity contribution in [2.45, 2.75) is 68.8 Å². The predicted octanol–water partition coefficient (Wildman–Crippen LogP) is 2.21. The molecule has 6 atom stereocenters. The summed E-state index contributed by atoms with van der Waals surface area (Å²) in [5.41, 5.74) is 2.98. The number of nitrogens with zero attached hydrogens (tertiary/aromatic N) is 1. The van der Waals surface area contributed by atoms with Gasteiger partial charge in [-0.2, -0.15) is 0 Å². The van der Waals surface area contributed by atoms with Gasteiger partial charge in [-0.3, -0.25) is 4.79 Å². The zero-order valence-corrected chi connectivity index (χ0v) is 17.0. The summed E-state index contributed by atoms with van der Waals surface area (Å²) in [6, 6.07) is 4.67. The van der Waals surface area contributed by atoms with Crippen molar-refractivity contribution in [2.75, 3.05) is 20.7 Å². The van der Waals surface area contributed by atoms with Crippen molar-refractivity contribution >= 4 is 5.78 Å². The minimum absolute atomic E-state index is 0.0160. The van der Waals surface area contributed by atoms with Gasteiger partial charge in [-0.15, -0.1) is 0 Å². The predicted molar refractivity (Wildman–Crippen MR) is 103 cm³/mol. The van der Waals surface area contributed by atoms with Gasteiger partial charge in [0.2, 0.25) is 0 Å². The minimum Gasteiger partial charge on any atom is -0.486 e. The number of ketones is 1. The smallest absolute Gasteiger partial charge is 0.139 e. The number of fused-ring (bicyclic) bond motifs is 2. The number of benzene rings is 1. The fourth-order valence-electron chi connectivity index (χ4n) is 8.35. The Morgan fingerprint density at radius 2 is 2.18 bits per heavy atom. The van der Waals surface area contributed by atoms with E-state index in [2.05, 4.69) is 18.0 Å². The van der Waals surface area contributed by atoms with Crippen LogP contribution in [0.1, 0.15) is 49.3 Å². The lowest BCUT2D eigenvalue weighted by Crippen LogP contribution is -2.81. The first-order valence-electron chi connectivity index (χ1n) is 10.6. The molecule has 3 saturated carbocycles. The van der Waals surface area contributed by atoms with E-state index in [1.54, 1.807) is 14.0 Å². The highest BCUT2D eigenvalue weighted by molar-refractivity contribution is 5.81. The number of likely N-dealkylation sites (tertiary alicyclic amines) is 1. The van der Waals surface area contributed by atoms with Gasteiger partial charge in [0.1, 0.15) is 23.2 Å². The van der Waals surface area contributed by atoms with Crippen molar-refractivity contribution < 1.29 is 19.4 Å². The van der Waals surface area contributed by atoms with Crippen molar-refractivity contribution in [1.82, 2.24) is 4.90 Å². The van der Waals surface area contributed by atoms with Crippen LogP contribution in [0.5, 0.6) is 5.75 Å². The van der Waals surface area contributed by atoms with E-state index in [1.165, 1.54) is 11.1 Å². The molecule has 1 unspecified atom stereocenters. The van der Waals surface area contributed by atoms with Crippen molar-refractivity contribution in [3.05, 3.63) is 28.8 Å². The topological polar surface area (TPSA) is 59.0 Å². The van der Waals surface area contributed by atoms with Crippen LogP contribution in [0.15, 0.2) is 12.1 Å².